The Balaban J connectivity index is 2.40. The van der Waals surface area contributed by atoms with Crippen molar-refractivity contribution in [3.05, 3.63) is 21.3 Å². The Morgan fingerprint density at radius 1 is 1.77 bits per heavy atom. The molecule has 6 heteroatoms. The van der Waals surface area contributed by atoms with Crippen LogP contribution in [0.5, 0.6) is 0 Å². The standard InChI is InChI=1S/C7H9N3O2S/c11-5-4-8-10(7(13)9-5)6-2-1-3-12-6/h4,6H,1-3H2,(H,9,11,13). The molecule has 0 saturated carbocycles. The van der Waals surface area contributed by atoms with Gasteiger partial charge in [0, 0.05) is 6.61 Å². The summed E-state index contributed by atoms with van der Waals surface area (Å²) in [5.74, 6) is 0. The number of H-pyrrole nitrogens is 1. The number of aromatic amines is 1. The number of rotatable bonds is 1. The summed E-state index contributed by atoms with van der Waals surface area (Å²) in [5, 5.41) is 3.90. The molecule has 0 amide bonds. The van der Waals surface area contributed by atoms with Gasteiger partial charge in [-0.2, -0.15) is 5.10 Å². The smallest absolute Gasteiger partial charge is 0.270 e. The van der Waals surface area contributed by atoms with Crippen molar-refractivity contribution in [1.82, 2.24) is 14.8 Å². The molecular formula is C7H9N3O2S. The average Bonchev–Trinajstić information content (AvgIpc) is 2.56. The van der Waals surface area contributed by atoms with E-state index in [1.807, 2.05) is 0 Å². The van der Waals surface area contributed by atoms with Crippen LogP contribution in [0.3, 0.4) is 0 Å². The molecule has 1 N–H and O–H groups in total. The maximum Gasteiger partial charge on any atom is 0.270 e. The first kappa shape index (κ1) is 8.58. The molecule has 70 valence electrons. The van der Waals surface area contributed by atoms with Crippen LogP contribution >= 0.6 is 12.2 Å². The highest BCUT2D eigenvalue weighted by Crippen LogP contribution is 2.20. The quantitative estimate of drug-likeness (QED) is 0.673. The molecule has 0 spiro atoms. The van der Waals surface area contributed by atoms with Crippen LogP contribution in [0.25, 0.3) is 0 Å². The highest BCUT2D eigenvalue weighted by molar-refractivity contribution is 7.71. The summed E-state index contributed by atoms with van der Waals surface area (Å²) < 4.78 is 7.22. The molecule has 1 aromatic heterocycles. The molecule has 0 aromatic carbocycles. The molecular weight excluding hydrogens is 190 g/mol. The van der Waals surface area contributed by atoms with E-state index < -0.39 is 0 Å². The number of ether oxygens (including phenoxy) is 1. The third-order valence-electron chi connectivity index (χ3n) is 1.92. The van der Waals surface area contributed by atoms with Crippen LogP contribution < -0.4 is 5.56 Å². The van der Waals surface area contributed by atoms with Gasteiger partial charge in [-0.25, -0.2) is 4.68 Å². The van der Waals surface area contributed by atoms with Gasteiger partial charge >= 0.3 is 0 Å². The number of aromatic nitrogens is 3. The Kier molecular flexibility index (Phi) is 2.24. The largest absolute Gasteiger partial charge is 0.356 e. The van der Waals surface area contributed by atoms with Crippen LogP contribution in [0.1, 0.15) is 19.1 Å². The first-order valence-electron chi connectivity index (χ1n) is 4.07. The van der Waals surface area contributed by atoms with E-state index in [1.165, 1.54) is 10.9 Å². The second-order valence-electron chi connectivity index (χ2n) is 2.85. The number of nitrogens with one attached hydrogen (secondary N) is 1. The Bertz CT molecular complexity index is 405. The predicted molar refractivity (Wildman–Crippen MR) is 47.9 cm³/mol. The van der Waals surface area contributed by atoms with Crippen LogP contribution in [0.15, 0.2) is 11.0 Å². The van der Waals surface area contributed by atoms with Gasteiger partial charge in [-0.05, 0) is 25.1 Å². The first-order valence-corrected chi connectivity index (χ1v) is 4.48. The van der Waals surface area contributed by atoms with Crippen molar-refractivity contribution in [1.29, 1.82) is 0 Å². The normalized spacial score (nSPS) is 22.0. The van der Waals surface area contributed by atoms with E-state index in [0.717, 1.165) is 19.4 Å². The molecule has 1 atom stereocenters. The third kappa shape index (κ3) is 1.68. The van der Waals surface area contributed by atoms with Crippen LogP contribution in [0.4, 0.5) is 0 Å². The maximum atomic E-state index is 10.8. The Morgan fingerprint density at radius 2 is 2.62 bits per heavy atom. The SMILES string of the molecule is O=c1cnn(C2CCCO2)c(=S)[nH]1. The number of hydrogen-bond donors (Lipinski definition) is 1. The molecule has 1 unspecified atom stereocenters. The summed E-state index contributed by atoms with van der Waals surface area (Å²) in [6.45, 7) is 0.729. The second-order valence-corrected chi connectivity index (χ2v) is 3.24. The number of hydrogen-bond acceptors (Lipinski definition) is 4. The summed E-state index contributed by atoms with van der Waals surface area (Å²) in [5.41, 5.74) is -0.278. The van der Waals surface area contributed by atoms with Crippen molar-refractivity contribution >= 4 is 12.2 Å². The van der Waals surface area contributed by atoms with Gasteiger partial charge in [-0.1, -0.05) is 0 Å². The topological polar surface area (TPSA) is 59.9 Å². The molecule has 1 aromatic rings. The summed E-state index contributed by atoms with van der Waals surface area (Å²) >= 11 is 4.94. The van der Waals surface area contributed by atoms with Crippen molar-refractivity contribution in [2.24, 2.45) is 0 Å². The molecule has 0 aliphatic carbocycles. The summed E-state index contributed by atoms with van der Waals surface area (Å²) in [6, 6.07) is 0. The number of nitrogens with zero attached hydrogens (tertiary/aromatic N) is 2. The summed E-state index contributed by atoms with van der Waals surface area (Å²) in [7, 11) is 0. The van der Waals surface area contributed by atoms with Crippen molar-refractivity contribution in [3.63, 3.8) is 0 Å². The summed E-state index contributed by atoms with van der Waals surface area (Å²) in [4.78, 5) is 13.3. The van der Waals surface area contributed by atoms with E-state index in [-0.39, 0.29) is 11.8 Å². The van der Waals surface area contributed by atoms with Crippen molar-refractivity contribution < 1.29 is 4.74 Å². The van der Waals surface area contributed by atoms with Crippen LogP contribution in [0.2, 0.25) is 0 Å². The van der Waals surface area contributed by atoms with E-state index in [0.29, 0.717) is 4.77 Å². The molecule has 1 fully saturated rings. The zero-order chi connectivity index (χ0) is 9.26. The van der Waals surface area contributed by atoms with Crippen molar-refractivity contribution in [2.75, 3.05) is 6.61 Å². The minimum Gasteiger partial charge on any atom is -0.356 e. The van der Waals surface area contributed by atoms with E-state index >= 15 is 0 Å². The van der Waals surface area contributed by atoms with Crippen LogP contribution in [-0.4, -0.2) is 21.4 Å². The summed E-state index contributed by atoms with van der Waals surface area (Å²) in [6.07, 6.45) is 3.00. The van der Waals surface area contributed by atoms with Gasteiger partial charge in [-0.3, -0.25) is 9.78 Å². The van der Waals surface area contributed by atoms with E-state index in [2.05, 4.69) is 10.1 Å². The third-order valence-corrected chi connectivity index (χ3v) is 2.21. The zero-order valence-corrected chi connectivity index (χ0v) is 7.71. The first-order chi connectivity index (χ1) is 6.27. The molecule has 5 nitrogen and oxygen atoms in total. The van der Waals surface area contributed by atoms with Gasteiger partial charge in [-0.15, -0.1) is 0 Å². The monoisotopic (exact) mass is 199 g/mol. The van der Waals surface area contributed by atoms with Gasteiger partial charge in [0.05, 0.1) is 0 Å². The van der Waals surface area contributed by atoms with Crippen molar-refractivity contribution in [2.45, 2.75) is 19.1 Å². The highest BCUT2D eigenvalue weighted by atomic mass is 32.1. The lowest BCUT2D eigenvalue weighted by Gasteiger charge is -2.10. The molecule has 1 saturated heterocycles. The fourth-order valence-electron chi connectivity index (χ4n) is 1.32. The van der Waals surface area contributed by atoms with Crippen LogP contribution in [0, 0.1) is 4.77 Å². The van der Waals surface area contributed by atoms with Crippen molar-refractivity contribution in [3.8, 4) is 0 Å². The van der Waals surface area contributed by atoms with Gasteiger partial charge < -0.3 is 4.74 Å². The Hall–Kier alpha value is -1.01. The lowest BCUT2D eigenvalue weighted by molar-refractivity contribution is 0.0429. The minimum absolute atomic E-state index is 0.107. The van der Waals surface area contributed by atoms with E-state index in [1.54, 1.807) is 0 Å². The lowest BCUT2D eigenvalue weighted by Crippen LogP contribution is -2.19. The van der Waals surface area contributed by atoms with Gasteiger partial charge in [0.15, 0.2) is 11.0 Å². The van der Waals surface area contributed by atoms with Crippen LogP contribution in [-0.2, 0) is 4.74 Å². The molecule has 13 heavy (non-hydrogen) atoms. The predicted octanol–water partition coefficient (Wildman–Crippen LogP) is 0.610. The minimum atomic E-state index is -0.278. The van der Waals surface area contributed by atoms with Gasteiger partial charge in [0.2, 0.25) is 0 Å². The average molecular weight is 199 g/mol. The second kappa shape index (κ2) is 3.39. The van der Waals surface area contributed by atoms with Gasteiger partial charge in [0.1, 0.15) is 6.20 Å². The lowest BCUT2D eigenvalue weighted by atomic mass is 10.3. The van der Waals surface area contributed by atoms with E-state index in [9.17, 15) is 4.79 Å². The molecule has 1 aliphatic rings. The highest BCUT2D eigenvalue weighted by Gasteiger charge is 2.18. The Morgan fingerprint density at radius 3 is 3.23 bits per heavy atom. The van der Waals surface area contributed by atoms with E-state index in [4.69, 9.17) is 17.0 Å². The molecule has 0 bridgehead atoms. The molecule has 2 heterocycles. The fourth-order valence-corrected chi connectivity index (χ4v) is 1.59. The zero-order valence-electron chi connectivity index (χ0n) is 6.90. The van der Waals surface area contributed by atoms with Gasteiger partial charge in [0.25, 0.3) is 5.56 Å². The fraction of sp³-hybridized carbons (Fsp3) is 0.571. The maximum absolute atomic E-state index is 10.8. The Labute approximate surface area is 79.4 Å². The molecule has 2 rings (SSSR count). The molecule has 1 aliphatic heterocycles. The molecule has 0 radical (unpaired) electrons.